The van der Waals surface area contributed by atoms with Crippen LogP contribution in [0.25, 0.3) is 0 Å². The van der Waals surface area contributed by atoms with Crippen LogP contribution < -0.4 is 0 Å². The van der Waals surface area contributed by atoms with Crippen LogP contribution in [0.1, 0.15) is 48.8 Å². The predicted molar refractivity (Wildman–Crippen MR) is 74.6 cm³/mol. The summed E-state index contributed by atoms with van der Waals surface area (Å²) in [6.07, 6.45) is 4.00. The van der Waals surface area contributed by atoms with Crippen molar-refractivity contribution in [2.45, 2.75) is 46.0 Å². The Morgan fingerprint density at radius 2 is 2.12 bits per heavy atom. The molecule has 2 rings (SSSR count). The summed E-state index contributed by atoms with van der Waals surface area (Å²) in [5.74, 6) is 0.759. The lowest BCUT2D eigenvalue weighted by molar-refractivity contribution is 0.208. The molecule has 1 saturated heterocycles. The molecule has 1 atom stereocenters. The molecule has 1 nitrogen and oxygen atoms in total. The summed E-state index contributed by atoms with van der Waals surface area (Å²) in [5, 5.41) is 0. The lowest BCUT2D eigenvalue weighted by Crippen LogP contribution is -2.35. The summed E-state index contributed by atoms with van der Waals surface area (Å²) in [6, 6.07) is 6.78. The van der Waals surface area contributed by atoms with Gasteiger partial charge in [-0.2, -0.15) is 0 Å². The minimum absolute atomic E-state index is 0.759. The Morgan fingerprint density at radius 3 is 2.88 bits per heavy atom. The van der Waals surface area contributed by atoms with E-state index in [-0.39, 0.29) is 0 Å². The third-order valence-electron chi connectivity index (χ3n) is 4.13. The molecule has 17 heavy (non-hydrogen) atoms. The Labute approximate surface area is 106 Å². The smallest absolute Gasteiger partial charge is 0.00504 e. The first-order chi connectivity index (χ1) is 8.22. The molecular weight excluding hydrogens is 206 g/mol. The van der Waals surface area contributed by atoms with Gasteiger partial charge in [0.2, 0.25) is 0 Å². The highest BCUT2D eigenvalue weighted by atomic mass is 15.1. The van der Waals surface area contributed by atoms with Gasteiger partial charge in [-0.15, -0.1) is 0 Å². The van der Waals surface area contributed by atoms with E-state index >= 15 is 0 Å². The molecule has 94 valence electrons. The van der Waals surface area contributed by atoms with Crippen molar-refractivity contribution < 1.29 is 0 Å². The van der Waals surface area contributed by atoms with E-state index < -0.39 is 0 Å². The second-order valence-electron chi connectivity index (χ2n) is 5.43. The zero-order valence-electron chi connectivity index (χ0n) is 11.5. The van der Waals surface area contributed by atoms with Crippen molar-refractivity contribution in [3.63, 3.8) is 0 Å². The van der Waals surface area contributed by atoms with Crippen molar-refractivity contribution >= 4 is 0 Å². The van der Waals surface area contributed by atoms with Gasteiger partial charge in [0.1, 0.15) is 0 Å². The molecule has 0 aliphatic carbocycles. The molecule has 0 bridgehead atoms. The van der Waals surface area contributed by atoms with Gasteiger partial charge in [-0.1, -0.05) is 25.1 Å². The van der Waals surface area contributed by atoms with Gasteiger partial charge in [0, 0.05) is 6.54 Å². The van der Waals surface area contributed by atoms with Gasteiger partial charge in [-0.05, 0) is 68.8 Å². The first-order valence-corrected chi connectivity index (χ1v) is 7.00. The second kappa shape index (κ2) is 5.68. The number of hydrogen-bond acceptors (Lipinski definition) is 1. The largest absolute Gasteiger partial charge is 0.303 e. The highest BCUT2D eigenvalue weighted by molar-refractivity contribution is 5.36. The molecule has 0 radical (unpaired) electrons. The Balaban J connectivity index is 2.13. The molecule has 1 aromatic carbocycles. The van der Waals surface area contributed by atoms with Gasteiger partial charge < -0.3 is 4.90 Å². The van der Waals surface area contributed by atoms with Crippen molar-refractivity contribution in [3.05, 3.63) is 34.9 Å². The Hall–Kier alpha value is -0.820. The zero-order valence-corrected chi connectivity index (χ0v) is 11.5. The van der Waals surface area contributed by atoms with Gasteiger partial charge in [-0.3, -0.25) is 0 Å². The maximum absolute atomic E-state index is 2.63. The van der Waals surface area contributed by atoms with Crippen LogP contribution in [-0.2, 0) is 0 Å². The maximum atomic E-state index is 2.63. The van der Waals surface area contributed by atoms with E-state index in [1.807, 2.05) is 0 Å². The third-order valence-corrected chi connectivity index (χ3v) is 4.13. The van der Waals surface area contributed by atoms with Crippen LogP contribution in [-0.4, -0.2) is 24.5 Å². The molecule has 0 spiro atoms. The van der Waals surface area contributed by atoms with Gasteiger partial charge in [-0.25, -0.2) is 0 Å². The first-order valence-electron chi connectivity index (χ1n) is 7.00. The third kappa shape index (κ3) is 2.90. The molecule has 1 heteroatoms. The fourth-order valence-electron chi connectivity index (χ4n) is 3.04. The molecule has 1 fully saturated rings. The van der Waals surface area contributed by atoms with Crippen LogP contribution in [0.15, 0.2) is 18.2 Å². The molecule has 1 aliphatic heterocycles. The summed E-state index contributed by atoms with van der Waals surface area (Å²) in [7, 11) is 0. The van der Waals surface area contributed by atoms with Crippen LogP contribution in [0.5, 0.6) is 0 Å². The first kappa shape index (κ1) is 12.6. The number of likely N-dealkylation sites (tertiary alicyclic amines) is 1. The van der Waals surface area contributed by atoms with E-state index in [9.17, 15) is 0 Å². The van der Waals surface area contributed by atoms with Gasteiger partial charge >= 0.3 is 0 Å². The second-order valence-corrected chi connectivity index (χ2v) is 5.43. The Bertz CT molecular complexity index is 368. The summed E-state index contributed by atoms with van der Waals surface area (Å²) in [4.78, 5) is 2.63. The molecule has 1 heterocycles. The van der Waals surface area contributed by atoms with Crippen LogP contribution in [0, 0.1) is 13.8 Å². The van der Waals surface area contributed by atoms with Crippen LogP contribution in [0.2, 0.25) is 0 Å². The number of rotatable bonds is 3. The van der Waals surface area contributed by atoms with Crippen molar-refractivity contribution in [3.8, 4) is 0 Å². The van der Waals surface area contributed by atoms with Crippen molar-refractivity contribution in [1.82, 2.24) is 4.90 Å². The maximum Gasteiger partial charge on any atom is 0.00504 e. The highest BCUT2D eigenvalue weighted by Crippen LogP contribution is 2.30. The number of aryl methyl sites for hydroxylation is 1. The minimum Gasteiger partial charge on any atom is -0.303 e. The molecule has 1 aliphatic rings. The average Bonchev–Trinajstić information content (AvgIpc) is 2.33. The normalized spacial score (nSPS) is 21.7. The number of nitrogens with zero attached hydrogens (tertiary/aromatic N) is 1. The van der Waals surface area contributed by atoms with Crippen molar-refractivity contribution in [2.75, 3.05) is 19.6 Å². The fraction of sp³-hybridized carbons (Fsp3) is 0.625. The average molecular weight is 231 g/mol. The molecule has 0 unspecified atom stereocenters. The van der Waals surface area contributed by atoms with E-state index in [0.29, 0.717) is 0 Å². The standard InChI is InChI=1S/C16H25N/c1-4-10-17-11-6-8-15(12-17)16-9-5-7-13(2)14(16)3/h5,7,9,15H,4,6,8,10-12H2,1-3H3/t15-/m0/s1. The molecular formula is C16H25N. The Morgan fingerprint density at radius 1 is 1.29 bits per heavy atom. The van der Waals surface area contributed by atoms with Gasteiger partial charge in [0.25, 0.3) is 0 Å². The fourth-order valence-corrected chi connectivity index (χ4v) is 3.04. The highest BCUT2D eigenvalue weighted by Gasteiger charge is 2.21. The predicted octanol–water partition coefficient (Wildman–Crippen LogP) is 3.89. The van der Waals surface area contributed by atoms with E-state index in [1.165, 1.54) is 50.0 Å². The number of hydrogen-bond donors (Lipinski definition) is 0. The van der Waals surface area contributed by atoms with Crippen molar-refractivity contribution in [2.24, 2.45) is 0 Å². The number of benzene rings is 1. The lowest BCUT2D eigenvalue weighted by atomic mass is 9.86. The topological polar surface area (TPSA) is 3.24 Å². The van der Waals surface area contributed by atoms with Gasteiger partial charge in [0.15, 0.2) is 0 Å². The Kier molecular flexibility index (Phi) is 4.22. The van der Waals surface area contributed by atoms with E-state index in [1.54, 1.807) is 5.56 Å². The van der Waals surface area contributed by atoms with Crippen molar-refractivity contribution in [1.29, 1.82) is 0 Å². The van der Waals surface area contributed by atoms with E-state index in [4.69, 9.17) is 0 Å². The summed E-state index contributed by atoms with van der Waals surface area (Å²) < 4.78 is 0. The monoisotopic (exact) mass is 231 g/mol. The summed E-state index contributed by atoms with van der Waals surface area (Å²) in [6.45, 7) is 10.6. The SMILES string of the molecule is CCCN1CCC[C@H](c2cccc(C)c2C)C1. The molecule has 0 N–H and O–H groups in total. The molecule has 0 saturated carbocycles. The zero-order chi connectivity index (χ0) is 12.3. The van der Waals surface area contributed by atoms with E-state index in [0.717, 1.165) is 5.92 Å². The van der Waals surface area contributed by atoms with E-state index in [2.05, 4.69) is 43.9 Å². The van der Waals surface area contributed by atoms with Crippen LogP contribution in [0.4, 0.5) is 0 Å². The molecule has 0 aromatic heterocycles. The minimum atomic E-state index is 0.759. The van der Waals surface area contributed by atoms with Gasteiger partial charge in [0.05, 0.1) is 0 Å². The number of piperidine rings is 1. The quantitative estimate of drug-likeness (QED) is 0.763. The van der Waals surface area contributed by atoms with Crippen LogP contribution in [0.3, 0.4) is 0 Å². The molecule has 1 aromatic rings. The summed E-state index contributed by atoms with van der Waals surface area (Å²) >= 11 is 0. The lowest BCUT2D eigenvalue weighted by Gasteiger charge is -2.33. The molecule has 0 amide bonds. The van der Waals surface area contributed by atoms with Crippen LogP contribution >= 0.6 is 0 Å². The summed E-state index contributed by atoms with van der Waals surface area (Å²) in [5.41, 5.74) is 4.54.